The average molecular weight is 753 g/mol. The van der Waals surface area contributed by atoms with Crippen LogP contribution in [0.1, 0.15) is 0 Å². The molecule has 0 amide bonds. The van der Waals surface area contributed by atoms with E-state index in [-0.39, 0.29) is 0 Å². The molecule has 0 N–H and O–H groups in total. The van der Waals surface area contributed by atoms with Gasteiger partial charge in [-0.2, -0.15) is 0 Å². The van der Waals surface area contributed by atoms with Crippen molar-refractivity contribution in [1.82, 2.24) is 4.57 Å². The summed E-state index contributed by atoms with van der Waals surface area (Å²) in [5.41, 5.74) is 13.2. The molecule has 2 heterocycles. The molecule has 0 saturated heterocycles. The number of furan rings is 1. The third-order valence-electron chi connectivity index (χ3n) is 12.0. The van der Waals surface area contributed by atoms with Gasteiger partial charge in [0.25, 0.3) is 0 Å². The third kappa shape index (κ3) is 5.44. The molecule has 2 aromatic heterocycles. The average Bonchev–Trinajstić information content (AvgIpc) is 3.85. The van der Waals surface area contributed by atoms with Crippen LogP contribution in [0, 0.1) is 0 Å². The van der Waals surface area contributed by atoms with E-state index in [2.05, 4.69) is 216 Å². The highest BCUT2D eigenvalue weighted by atomic mass is 16.3. The van der Waals surface area contributed by atoms with Gasteiger partial charge in [-0.15, -0.1) is 0 Å². The SMILES string of the molecule is c1ccc(-c2ccc(N(c3ccc(-n4c5ccccc5c5c6c(-c7ccc8ccccc8c7)cccc6ccc54)cc3)c3ccc4c(c3)oc3ccccc34)cc2)cc1. The zero-order chi connectivity index (χ0) is 38.9. The van der Waals surface area contributed by atoms with Gasteiger partial charge in [-0.05, 0) is 117 Å². The molecular weight excluding hydrogens is 717 g/mol. The fraction of sp³-hybridized carbons (Fsp3) is 0. The fourth-order valence-electron chi connectivity index (χ4n) is 9.20. The Bertz CT molecular complexity index is 3540. The number of benzene rings is 10. The summed E-state index contributed by atoms with van der Waals surface area (Å²) in [7, 11) is 0. The first-order valence-electron chi connectivity index (χ1n) is 20.2. The van der Waals surface area contributed by atoms with E-state index in [1.54, 1.807) is 0 Å². The minimum atomic E-state index is 0.867. The van der Waals surface area contributed by atoms with Crippen molar-refractivity contribution in [2.24, 2.45) is 0 Å². The summed E-state index contributed by atoms with van der Waals surface area (Å²) in [6.45, 7) is 0. The van der Waals surface area contributed by atoms with E-state index in [4.69, 9.17) is 4.42 Å². The number of fused-ring (bicyclic) bond motifs is 9. The normalized spacial score (nSPS) is 11.7. The van der Waals surface area contributed by atoms with E-state index >= 15 is 0 Å². The number of aromatic nitrogens is 1. The first-order valence-corrected chi connectivity index (χ1v) is 20.2. The first-order chi connectivity index (χ1) is 29.2. The highest BCUT2D eigenvalue weighted by Gasteiger charge is 2.20. The lowest BCUT2D eigenvalue weighted by Crippen LogP contribution is -2.10. The Morgan fingerprint density at radius 2 is 0.966 bits per heavy atom. The summed E-state index contributed by atoms with van der Waals surface area (Å²) in [4.78, 5) is 2.32. The van der Waals surface area contributed by atoms with Crippen molar-refractivity contribution >= 4 is 82.4 Å². The topological polar surface area (TPSA) is 21.3 Å². The number of hydrogen-bond donors (Lipinski definition) is 0. The lowest BCUT2D eigenvalue weighted by Gasteiger charge is -2.26. The summed E-state index contributed by atoms with van der Waals surface area (Å²) in [5.74, 6) is 0. The molecule has 12 rings (SSSR count). The molecule has 0 aliphatic rings. The molecule has 0 radical (unpaired) electrons. The van der Waals surface area contributed by atoms with Crippen LogP contribution in [-0.2, 0) is 0 Å². The van der Waals surface area contributed by atoms with Crippen molar-refractivity contribution in [3.63, 3.8) is 0 Å². The molecule has 0 unspecified atom stereocenters. The Morgan fingerprint density at radius 1 is 0.339 bits per heavy atom. The maximum Gasteiger partial charge on any atom is 0.137 e. The van der Waals surface area contributed by atoms with E-state index in [0.717, 1.165) is 44.7 Å². The number of nitrogens with zero attached hydrogens (tertiary/aromatic N) is 2. The van der Waals surface area contributed by atoms with Crippen LogP contribution in [0.15, 0.2) is 223 Å². The smallest absolute Gasteiger partial charge is 0.137 e. The fourth-order valence-corrected chi connectivity index (χ4v) is 9.20. The molecule has 12 aromatic rings. The van der Waals surface area contributed by atoms with Crippen LogP contribution in [0.2, 0.25) is 0 Å². The van der Waals surface area contributed by atoms with Crippen LogP contribution >= 0.6 is 0 Å². The molecule has 0 fully saturated rings. The zero-order valence-corrected chi connectivity index (χ0v) is 32.1. The Morgan fingerprint density at radius 3 is 1.81 bits per heavy atom. The van der Waals surface area contributed by atoms with Crippen LogP contribution in [0.3, 0.4) is 0 Å². The van der Waals surface area contributed by atoms with Crippen molar-refractivity contribution < 1.29 is 4.42 Å². The second kappa shape index (κ2) is 13.4. The van der Waals surface area contributed by atoms with E-state index in [1.807, 2.05) is 12.1 Å². The lowest BCUT2D eigenvalue weighted by atomic mass is 9.93. The van der Waals surface area contributed by atoms with Crippen molar-refractivity contribution in [3.05, 3.63) is 218 Å². The molecule has 0 spiro atoms. The summed E-state index contributed by atoms with van der Waals surface area (Å²) in [6, 6.07) is 78.7. The van der Waals surface area contributed by atoms with Gasteiger partial charge >= 0.3 is 0 Å². The quantitative estimate of drug-likeness (QED) is 0.169. The van der Waals surface area contributed by atoms with Gasteiger partial charge < -0.3 is 13.9 Å². The van der Waals surface area contributed by atoms with Crippen LogP contribution in [0.5, 0.6) is 0 Å². The van der Waals surface area contributed by atoms with Crippen LogP contribution in [0.25, 0.3) is 93.2 Å². The van der Waals surface area contributed by atoms with Crippen LogP contribution < -0.4 is 4.90 Å². The van der Waals surface area contributed by atoms with E-state index in [1.165, 1.54) is 65.6 Å². The van der Waals surface area contributed by atoms with E-state index in [9.17, 15) is 0 Å². The molecule has 276 valence electrons. The number of para-hydroxylation sites is 2. The zero-order valence-electron chi connectivity index (χ0n) is 32.1. The molecule has 0 aliphatic heterocycles. The molecule has 0 aliphatic carbocycles. The predicted molar refractivity (Wildman–Crippen MR) is 249 cm³/mol. The second-order valence-electron chi connectivity index (χ2n) is 15.3. The van der Waals surface area contributed by atoms with Gasteiger partial charge in [-0.1, -0.05) is 140 Å². The van der Waals surface area contributed by atoms with Gasteiger partial charge in [-0.3, -0.25) is 0 Å². The standard InChI is InChI=1S/C56H36N2O/c1-2-11-37(12-3-1)39-23-26-43(27-24-39)57(46-32-33-49-48-16-7-9-20-53(48)59-54(49)36-46)44-28-30-45(31-29-44)58-51-19-8-6-17-50(51)56-52(58)34-25-40-15-10-18-47(55(40)56)42-22-21-38-13-4-5-14-41(38)35-42/h1-36H. The van der Waals surface area contributed by atoms with Gasteiger partial charge in [-0.25, -0.2) is 0 Å². The Balaban J connectivity index is 1.01. The first kappa shape index (κ1) is 33.3. The second-order valence-corrected chi connectivity index (χ2v) is 15.3. The van der Waals surface area contributed by atoms with E-state index < -0.39 is 0 Å². The molecule has 3 nitrogen and oxygen atoms in total. The Labute approximate surface area is 341 Å². The highest BCUT2D eigenvalue weighted by molar-refractivity contribution is 6.25. The molecule has 59 heavy (non-hydrogen) atoms. The number of anilines is 3. The number of rotatable bonds is 6. The molecule has 3 heteroatoms. The summed E-state index contributed by atoms with van der Waals surface area (Å²) in [6.07, 6.45) is 0. The van der Waals surface area contributed by atoms with Crippen molar-refractivity contribution in [1.29, 1.82) is 0 Å². The molecule has 0 bridgehead atoms. The lowest BCUT2D eigenvalue weighted by molar-refractivity contribution is 0.669. The van der Waals surface area contributed by atoms with Gasteiger partial charge in [0.2, 0.25) is 0 Å². The summed E-state index contributed by atoms with van der Waals surface area (Å²) < 4.78 is 8.82. The van der Waals surface area contributed by atoms with Gasteiger partial charge in [0.05, 0.1) is 11.0 Å². The maximum atomic E-state index is 6.40. The van der Waals surface area contributed by atoms with E-state index in [0.29, 0.717) is 0 Å². The highest BCUT2D eigenvalue weighted by Crippen LogP contribution is 2.43. The minimum absolute atomic E-state index is 0.867. The molecule has 10 aromatic carbocycles. The summed E-state index contributed by atoms with van der Waals surface area (Å²) >= 11 is 0. The monoisotopic (exact) mass is 752 g/mol. The molecular formula is C56H36N2O. The molecule has 0 saturated carbocycles. The largest absolute Gasteiger partial charge is 0.456 e. The number of hydrogen-bond acceptors (Lipinski definition) is 2. The van der Waals surface area contributed by atoms with Crippen LogP contribution in [0.4, 0.5) is 17.1 Å². The van der Waals surface area contributed by atoms with Gasteiger partial charge in [0.15, 0.2) is 0 Å². The Hall–Kier alpha value is -7.88. The minimum Gasteiger partial charge on any atom is -0.456 e. The maximum absolute atomic E-state index is 6.40. The van der Waals surface area contributed by atoms with Crippen molar-refractivity contribution in [2.45, 2.75) is 0 Å². The third-order valence-corrected chi connectivity index (χ3v) is 12.0. The Kier molecular flexibility index (Phi) is 7.54. The van der Waals surface area contributed by atoms with Gasteiger partial charge in [0.1, 0.15) is 11.2 Å². The van der Waals surface area contributed by atoms with Gasteiger partial charge in [0, 0.05) is 50.4 Å². The predicted octanol–water partition coefficient (Wildman–Crippen LogP) is 15.8. The van der Waals surface area contributed by atoms with Crippen molar-refractivity contribution in [3.8, 4) is 27.9 Å². The van der Waals surface area contributed by atoms with Crippen LogP contribution in [-0.4, -0.2) is 4.57 Å². The summed E-state index contributed by atoms with van der Waals surface area (Å²) in [5, 5.41) is 9.75. The van der Waals surface area contributed by atoms with Crippen molar-refractivity contribution in [2.75, 3.05) is 4.90 Å². The molecule has 0 atom stereocenters.